The van der Waals surface area contributed by atoms with Gasteiger partial charge in [-0.05, 0) is 6.92 Å². The molecule has 2 heterocycles. The molecule has 0 aliphatic carbocycles. The Balaban J connectivity index is 1.87. The van der Waals surface area contributed by atoms with E-state index in [1.54, 1.807) is 0 Å². The summed E-state index contributed by atoms with van der Waals surface area (Å²) in [4.78, 5) is 7.93. The second-order valence-electron chi connectivity index (χ2n) is 3.76. The van der Waals surface area contributed by atoms with Crippen molar-refractivity contribution in [1.29, 1.82) is 0 Å². The van der Waals surface area contributed by atoms with Gasteiger partial charge in [-0.3, -0.25) is 4.68 Å². The lowest BCUT2D eigenvalue weighted by molar-refractivity contribution is 0.685. The van der Waals surface area contributed by atoms with E-state index in [-0.39, 0.29) is 0 Å². The summed E-state index contributed by atoms with van der Waals surface area (Å²) in [5.41, 5.74) is 3.38. The number of aryl methyl sites for hydroxylation is 2. The van der Waals surface area contributed by atoms with Crippen molar-refractivity contribution in [2.24, 2.45) is 7.05 Å². The highest BCUT2D eigenvalue weighted by Gasteiger charge is 2.02. The second-order valence-corrected chi connectivity index (χ2v) is 3.76. The van der Waals surface area contributed by atoms with Gasteiger partial charge in [-0.15, -0.1) is 0 Å². The van der Waals surface area contributed by atoms with Gasteiger partial charge in [0.15, 0.2) is 0 Å². The molecule has 2 rings (SSSR count). The van der Waals surface area contributed by atoms with Crippen molar-refractivity contribution >= 4 is 0 Å². The van der Waals surface area contributed by atoms with E-state index in [9.17, 15) is 0 Å². The Morgan fingerprint density at radius 2 is 2.00 bits per heavy atom. The van der Waals surface area contributed by atoms with Gasteiger partial charge < -0.3 is 5.32 Å². The Bertz CT molecular complexity index is 449. The summed E-state index contributed by atoms with van der Waals surface area (Å²) in [5, 5.41) is 7.63. The van der Waals surface area contributed by atoms with Crippen LogP contribution in [0.15, 0.2) is 24.9 Å². The van der Waals surface area contributed by atoms with Crippen LogP contribution < -0.4 is 5.32 Å². The quantitative estimate of drug-likeness (QED) is 0.823. The normalized spacial score (nSPS) is 10.6. The van der Waals surface area contributed by atoms with Crippen molar-refractivity contribution < 1.29 is 0 Å². The predicted octanol–water partition coefficient (Wildman–Crippen LogP) is 0.808. The molecule has 16 heavy (non-hydrogen) atoms. The molecule has 0 aliphatic heterocycles. The van der Waals surface area contributed by atoms with Gasteiger partial charge in [0.2, 0.25) is 0 Å². The lowest BCUT2D eigenvalue weighted by Crippen LogP contribution is -2.13. The van der Waals surface area contributed by atoms with Crippen LogP contribution in [0.2, 0.25) is 0 Å². The zero-order valence-corrected chi connectivity index (χ0v) is 9.51. The van der Waals surface area contributed by atoms with Crippen molar-refractivity contribution in [2.45, 2.75) is 20.0 Å². The smallest absolute Gasteiger partial charge is 0.115 e. The molecule has 2 aromatic heterocycles. The van der Waals surface area contributed by atoms with Gasteiger partial charge in [0.25, 0.3) is 0 Å². The van der Waals surface area contributed by atoms with Gasteiger partial charge in [-0.2, -0.15) is 5.10 Å². The highest BCUT2D eigenvalue weighted by molar-refractivity contribution is 5.15. The van der Waals surface area contributed by atoms with Crippen LogP contribution in [0.5, 0.6) is 0 Å². The van der Waals surface area contributed by atoms with Crippen molar-refractivity contribution in [3.63, 3.8) is 0 Å². The first-order chi connectivity index (χ1) is 7.75. The van der Waals surface area contributed by atoms with Crippen LogP contribution in [0.4, 0.5) is 0 Å². The Labute approximate surface area is 94.5 Å². The molecule has 2 aromatic rings. The Morgan fingerprint density at radius 1 is 1.25 bits per heavy atom. The van der Waals surface area contributed by atoms with Crippen molar-refractivity contribution in [1.82, 2.24) is 25.1 Å². The van der Waals surface area contributed by atoms with Gasteiger partial charge in [0.1, 0.15) is 6.33 Å². The molecule has 0 saturated carbocycles. The average molecular weight is 217 g/mol. The number of aromatic nitrogens is 4. The minimum atomic E-state index is 0.773. The van der Waals surface area contributed by atoms with Gasteiger partial charge in [0.05, 0.1) is 5.69 Å². The van der Waals surface area contributed by atoms with E-state index in [2.05, 4.69) is 20.4 Å². The summed E-state index contributed by atoms with van der Waals surface area (Å²) in [6.45, 7) is 3.60. The summed E-state index contributed by atoms with van der Waals surface area (Å²) < 4.78 is 1.83. The summed E-state index contributed by atoms with van der Waals surface area (Å²) in [7, 11) is 1.93. The minimum Gasteiger partial charge on any atom is -0.308 e. The summed E-state index contributed by atoms with van der Waals surface area (Å²) in [6.07, 6.45) is 7.20. The van der Waals surface area contributed by atoms with Crippen LogP contribution >= 0.6 is 0 Å². The topological polar surface area (TPSA) is 55.6 Å². The Hall–Kier alpha value is -1.75. The SMILES string of the molecule is Cc1nn(C)cc1CNCc1cncnc1. The van der Waals surface area contributed by atoms with Crippen LogP contribution in [0, 0.1) is 6.92 Å². The number of hydrogen-bond acceptors (Lipinski definition) is 4. The molecule has 0 fully saturated rings. The maximum Gasteiger partial charge on any atom is 0.115 e. The zero-order chi connectivity index (χ0) is 11.4. The first-order valence-corrected chi connectivity index (χ1v) is 5.19. The molecular weight excluding hydrogens is 202 g/mol. The highest BCUT2D eigenvalue weighted by Crippen LogP contribution is 2.04. The predicted molar refractivity (Wildman–Crippen MR) is 60.5 cm³/mol. The van der Waals surface area contributed by atoms with E-state index in [0.717, 1.165) is 24.3 Å². The van der Waals surface area contributed by atoms with Crippen LogP contribution in [0.25, 0.3) is 0 Å². The standard InChI is InChI=1S/C11H15N5/c1-9-11(7-16(2)15-9)6-12-3-10-4-13-8-14-5-10/h4-5,7-8,12H,3,6H2,1-2H3. The van der Waals surface area contributed by atoms with E-state index in [4.69, 9.17) is 0 Å². The van der Waals surface area contributed by atoms with E-state index < -0.39 is 0 Å². The van der Waals surface area contributed by atoms with E-state index in [1.807, 2.05) is 37.2 Å². The molecule has 0 aromatic carbocycles. The van der Waals surface area contributed by atoms with Crippen LogP contribution in [-0.2, 0) is 20.1 Å². The molecule has 0 unspecified atom stereocenters. The molecule has 0 atom stereocenters. The molecule has 0 amide bonds. The maximum atomic E-state index is 4.29. The van der Waals surface area contributed by atoms with E-state index in [1.165, 1.54) is 11.9 Å². The summed E-state index contributed by atoms with van der Waals surface area (Å²) >= 11 is 0. The Morgan fingerprint density at radius 3 is 2.62 bits per heavy atom. The lowest BCUT2D eigenvalue weighted by Gasteiger charge is -2.02. The molecule has 1 N–H and O–H groups in total. The molecular formula is C11H15N5. The number of hydrogen-bond donors (Lipinski definition) is 1. The van der Waals surface area contributed by atoms with Gasteiger partial charge >= 0.3 is 0 Å². The summed E-state index contributed by atoms with van der Waals surface area (Å²) in [5.74, 6) is 0. The van der Waals surface area contributed by atoms with Gasteiger partial charge in [-0.25, -0.2) is 9.97 Å². The largest absolute Gasteiger partial charge is 0.308 e. The van der Waals surface area contributed by atoms with Gasteiger partial charge in [0, 0.05) is 49.9 Å². The molecule has 5 heteroatoms. The van der Waals surface area contributed by atoms with Crippen LogP contribution in [-0.4, -0.2) is 19.7 Å². The molecule has 0 bridgehead atoms. The zero-order valence-electron chi connectivity index (χ0n) is 9.51. The van der Waals surface area contributed by atoms with E-state index in [0.29, 0.717) is 0 Å². The fraction of sp³-hybridized carbons (Fsp3) is 0.364. The third kappa shape index (κ3) is 2.64. The molecule has 0 saturated heterocycles. The van der Waals surface area contributed by atoms with Gasteiger partial charge in [-0.1, -0.05) is 0 Å². The monoisotopic (exact) mass is 217 g/mol. The lowest BCUT2D eigenvalue weighted by atomic mass is 10.2. The molecule has 5 nitrogen and oxygen atoms in total. The minimum absolute atomic E-state index is 0.773. The molecule has 84 valence electrons. The van der Waals surface area contributed by atoms with E-state index >= 15 is 0 Å². The second kappa shape index (κ2) is 4.85. The molecule has 0 spiro atoms. The van der Waals surface area contributed by atoms with Crippen LogP contribution in [0.1, 0.15) is 16.8 Å². The van der Waals surface area contributed by atoms with Crippen molar-refractivity contribution in [2.75, 3.05) is 0 Å². The molecule has 0 radical (unpaired) electrons. The van der Waals surface area contributed by atoms with Crippen molar-refractivity contribution in [3.8, 4) is 0 Å². The molecule has 0 aliphatic rings. The Kier molecular flexibility index (Phi) is 3.26. The maximum absolute atomic E-state index is 4.29. The van der Waals surface area contributed by atoms with Crippen molar-refractivity contribution in [3.05, 3.63) is 41.7 Å². The fourth-order valence-electron chi connectivity index (χ4n) is 1.58. The first-order valence-electron chi connectivity index (χ1n) is 5.19. The fourth-order valence-corrected chi connectivity index (χ4v) is 1.58. The van der Waals surface area contributed by atoms with Crippen LogP contribution in [0.3, 0.4) is 0 Å². The number of nitrogens with one attached hydrogen (secondary N) is 1. The average Bonchev–Trinajstić information content (AvgIpc) is 2.59. The third-order valence-electron chi connectivity index (χ3n) is 2.37. The number of nitrogens with zero attached hydrogens (tertiary/aromatic N) is 4. The third-order valence-corrected chi connectivity index (χ3v) is 2.37. The first kappa shape index (κ1) is 10.8. The summed E-state index contributed by atoms with van der Waals surface area (Å²) in [6, 6.07) is 0. The number of rotatable bonds is 4. The highest BCUT2D eigenvalue weighted by atomic mass is 15.2.